The van der Waals surface area contributed by atoms with Gasteiger partial charge in [-0.1, -0.05) is 11.8 Å². The molecule has 0 aliphatic heterocycles. The van der Waals surface area contributed by atoms with Crippen LogP contribution in [0.15, 0.2) is 24.3 Å². The smallest absolute Gasteiger partial charge is 0.283 e. The predicted octanol–water partition coefficient (Wildman–Crippen LogP) is 2.59. The number of rotatable bonds is 2. The van der Waals surface area contributed by atoms with E-state index in [1.807, 2.05) is 0 Å². The molecule has 0 aliphatic rings. The van der Waals surface area contributed by atoms with Crippen molar-refractivity contribution in [2.45, 2.75) is 0 Å². The lowest BCUT2D eigenvalue weighted by atomic mass is 10.3. The molecule has 0 unspecified atom stereocenters. The molecule has 0 spiro atoms. The third kappa shape index (κ3) is 2.99. The Kier molecular flexibility index (Phi) is 3.64. The average molecular weight is 197 g/mol. The first-order valence-electron chi connectivity index (χ1n) is 3.75. The molecule has 1 aromatic carbocycles. The van der Waals surface area contributed by atoms with E-state index in [2.05, 4.69) is 5.32 Å². The molecule has 0 aliphatic carbocycles. The highest BCUT2D eigenvalue weighted by Gasteiger charge is 1.98. The van der Waals surface area contributed by atoms with Crippen molar-refractivity contribution in [3.8, 4) is 5.75 Å². The summed E-state index contributed by atoms with van der Waals surface area (Å²) in [5.41, 5.74) is 0.778. The second kappa shape index (κ2) is 4.77. The maximum absolute atomic E-state index is 11.0. The molecule has 0 saturated carbocycles. The van der Waals surface area contributed by atoms with Crippen LogP contribution < -0.4 is 10.1 Å². The number of carbonyl (C=O) groups is 1. The molecule has 0 fully saturated rings. The third-order valence-electron chi connectivity index (χ3n) is 1.52. The van der Waals surface area contributed by atoms with Gasteiger partial charge in [-0.25, -0.2) is 0 Å². The summed E-state index contributed by atoms with van der Waals surface area (Å²) in [4.78, 5) is 11.0. The second-order valence-corrected chi connectivity index (χ2v) is 3.12. The molecular formula is C9H11NO2S. The van der Waals surface area contributed by atoms with Crippen LogP contribution >= 0.6 is 11.8 Å². The van der Waals surface area contributed by atoms with Crippen LogP contribution in [0.2, 0.25) is 0 Å². The van der Waals surface area contributed by atoms with E-state index in [9.17, 15) is 4.79 Å². The average Bonchev–Trinajstić information content (AvgIpc) is 2.19. The van der Waals surface area contributed by atoms with Gasteiger partial charge in [0.25, 0.3) is 5.24 Å². The van der Waals surface area contributed by atoms with Gasteiger partial charge in [0.2, 0.25) is 0 Å². The molecule has 3 nitrogen and oxygen atoms in total. The Bertz CT molecular complexity index is 284. The number of anilines is 1. The van der Waals surface area contributed by atoms with Gasteiger partial charge in [0.1, 0.15) is 5.75 Å². The number of hydrogen-bond acceptors (Lipinski definition) is 3. The topological polar surface area (TPSA) is 38.3 Å². The molecule has 70 valence electrons. The first-order chi connectivity index (χ1) is 6.26. The number of ether oxygens (including phenoxy) is 1. The van der Waals surface area contributed by atoms with Gasteiger partial charge in [-0.2, -0.15) is 0 Å². The van der Waals surface area contributed by atoms with Crippen molar-refractivity contribution in [2.24, 2.45) is 0 Å². The van der Waals surface area contributed by atoms with E-state index < -0.39 is 0 Å². The number of methoxy groups -OCH3 is 1. The Balaban J connectivity index is 2.64. The molecule has 0 aromatic heterocycles. The summed E-state index contributed by atoms with van der Waals surface area (Å²) in [7, 11) is 1.61. The highest BCUT2D eigenvalue weighted by molar-refractivity contribution is 8.13. The number of amides is 1. The fraction of sp³-hybridized carbons (Fsp3) is 0.222. The number of carbonyl (C=O) groups excluding carboxylic acids is 1. The van der Waals surface area contributed by atoms with Crippen LogP contribution in [-0.2, 0) is 0 Å². The Morgan fingerprint density at radius 1 is 1.38 bits per heavy atom. The normalized spacial score (nSPS) is 9.38. The molecule has 1 aromatic rings. The number of hydrogen-bond donors (Lipinski definition) is 1. The van der Waals surface area contributed by atoms with E-state index in [0.29, 0.717) is 0 Å². The molecule has 13 heavy (non-hydrogen) atoms. The minimum Gasteiger partial charge on any atom is -0.497 e. The fourth-order valence-corrected chi connectivity index (χ4v) is 1.06. The highest BCUT2D eigenvalue weighted by Crippen LogP contribution is 2.15. The zero-order valence-electron chi connectivity index (χ0n) is 7.53. The molecule has 1 N–H and O–H groups in total. The predicted molar refractivity (Wildman–Crippen MR) is 55.5 cm³/mol. The lowest BCUT2D eigenvalue weighted by molar-refractivity contribution is 0.270. The van der Waals surface area contributed by atoms with Crippen molar-refractivity contribution in [1.82, 2.24) is 0 Å². The van der Waals surface area contributed by atoms with Crippen molar-refractivity contribution in [3.63, 3.8) is 0 Å². The molecule has 0 saturated heterocycles. The van der Waals surface area contributed by atoms with Gasteiger partial charge in [0, 0.05) is 5.69 Å². The van der Waals surface area contributed by atoms with Gasteiger partial charge >= 0.3 is 0 Å². The van der Waals surface area contributed by atoms with Crippen LogP contribution in [0.3, 0.4) is 0 Å². The first-order valence-corrected chi connectivity index (χ1v) is 4.97. The summed E-state index contributed by atoms with van der Waals surface area (Å²) in [6.45, 7) is 0. The molecule has 0 heterocycles. The summed E-state index contributed by atoms with van der Waals surface area (Å²) in [5, 5.41) is 2.65. The summed E-state index contributed by atoms with van der Waals surface area (Å²) in [5.74, 6) is 0.780. The highest BCUT2D eigenvalue weighted by atomic mass is 32.2. The summed E-state index contributed by atoms with van der Waals surface area (Å²) in [6, 6.07) is 7.20. The summed E-state index contributed by atoms with van der Waals surface area (Å²) < 4.78 is 4.98. The van der Waals surface area contributed by atoms with Crippen molar-refractivity contribution in [1.29, 1.82) is 0 Å². The van der Waals surface area contributed by atoms with Gasteiger partial charge in [0.15, 0.2) is 0 Å². The molecule has 4 heteroatoms. The van der Waals surface area contributed by atoms with E-state index in [1.165, 1.54) is 0 Å². The number of nitrogens with one attached hydrogen (secondary N) is 1. The van der Waals surface area contributed by atoms with Crippen LogP contribution in [0.25, 0.3) is 0 Å². The largest absolute Gasteiger partial charge is 0.497 e. The fourth-order valence-electron chi connectivity index (χ4n) is 0.843. The SMILES string of the molecule is COc1ccc(NC(=O)SC)cc1. The second-order valence-electron chi connectivity index (χ2n) is 2.35. The number of thioether (sulfide) groups is 1. The molecule has 0 bridgehead atoms. The molecule has 1 amide bonds. The summed E-state index contributed by atoms with van der Waals surface area (Å²) >= 11 is 1.15. The standard InChI is InChI=1S/C9H11NO2S/c1-12-8-5-3-7(4-6-8)10-9(11)13-2/h3-6H,1-2H3,(H,10,11). The minimum absolute atomic E-state index is 0.0647. The zero-order valence-corrected chi connectivity index (χ0v) is 8.35. The molecule has 0 atom stereocenters. The van der Waals surface area contributed by atoms with Gasteiger partial charge in [0.05, 0.1) is 7.11 Å². The van der Waals surface area contributed by atoms with Crippen LogP contribution in [0.4, 0.5) is 10.5 Å². The third-order valence-corrected chi connectivity index (χ3v) is 1.99. The quantitative estimate of drug-likeness (QED) is 0.792. The van der Waals surface area contributed by atoms with Crippen LogP contribution in [0.1, 0.15) is 0 Å². The van der Waals surface area contributed by atoms with Gasteiger partial charge in [-0.05, 0) is 30.5 Å². The van der Waals surface area contributed by atoms with Gasteiger partial charge in [-0.3, -0.25) is 4.79 Å². The monoisotopic (exact) mass is 197 g/mol. The minimum atomic E-state index is -0.0647. The number of benzene rings is 1. The van der Waals surface area contributed by atoms with Gasteiger partial charge < -0.3 is 10.1 Å². The van der Waals surface area contributed by atoms with Crippen molar-refractivity contribution in [2.75, 3.05) is 18.7 Å². The van der Waals surface area contributed by atoms with Crippen LogP contribution in [-0.4, -0.2) is 18.6 Å². The van der Waals surface area contributed by atoms with E-state index in [1.54, 1.807) is 37.6 Å². The zero-order chi connectivity index (χ0) is 9.68. The maximum atomic E-state index is 11.0. The lowest BCUT2D eigenvalue weighted by Gasteiger charge is -2.03. The Morgan fingerprint density at radius 3 is 2.46 bits per heavy atom. The summed E-state index contributed by atoms with van der Waals surface area (Å²) in [6.07, 6.45) is 1.73. The Morgan fingerprint density at radius 2 is 2.00 bits per heavy atom. The molecular weight excluding hydrogens is 186 g/mol. The van der Waals surface area contributed by atoms with Crippen LogP contribution in [0.5, 0.6) is 5.75 Å². The molecule has 0 radical (unpaired) electrons. The van der Waals surface area contributed by atoms with Gasteiger partial charge in [-0.15, -0.1) is 0 Å². The van der Waals surface area contributed by atoms with E-state index in [0.717, 1.165) is 23.2 Å². The van der Waals surface area contributed by atoms with E-state index in [4.69, 9.17) is 4.74 Å². The van der Waals surface area contributed by atoms with Crippen molar-refractivity contribution < 1.29 is 9.53 Å². The lowest BCUT2D eigenvalue weighted by Crippen LogP contribution is -2.03. The first kappa shape index (κ1) is 9.92. The van der Waals surface area contributed by atoms with Crippen LogP contribution in [0, 0.1) is 0 Å². The Labute approximate surface area is 81.5 Å². The van der Waals surface area contributed by atoms with E-state index in [-0.39, 0.29) is 5.24 Å². The van der Waals surface area contributed by atoms with Crippen molar-refractivity contribution >= 4 is 22.7 Å². The molecule has 1 rings (SSSR count). The Hall–Kier alpha value is -1.16. The van der Waals surface area contributed by atoms with E-state index >= 15 is 0 Å². The van der Waals surface area contributed by atoms with Crippen molar-refractivity contribution in [3.05, 3.63) is 24.3 Å². The maximum Gasteiger partial charge on any atom is 0.283 e.